The number of nitrogens with zero attached hydrogens (tertiary/aromatic N) is 1. The number of halogens is 1. The number of nitrogens with one attached hydrogen (secondary N) is 1. The van der Waals surface area contributed by atoms with Crippen LogP contribution in [-0.4, -0.2) is 29.2 Å². The van der Waals surface area contributed by atoms with Crippen LogP contribution in [0, 0.1) is 0 Å². The molecule has 23 heavy (non-hydrogen) atoms. The number of rotatable bonds is 8. The zero-order valence-electron chi connectivity index (χ0n) is 13.0. The summed E-state index contributed by atoms with van der Waals surface area (Å²) in [5.74, 6) is 1.69. The fourth-order valence-electron chi connectivity index (χ4n) is 1.83. The van der Waals surface area contributed by atoms with E-state index in [4.69, 9.17) is 10.2 Å². The number of carbonyl (C=O) groups excluding carboxylic acids is 1. The van der Waals surface area contributed by atoms with Gasteiger partial charge in [-0.1, -0.05) is 18.2 Å². The predicted octanol–water partition coefficient (Wildman–Crippen LogP) is 2.85. The average Bonchev–Trinajstić information content (AvgIpc) is 2.97. The van der Waals surface area contributed by atoms with Crippen molar-refractivity contribution < 1.29 is 9.21 Å². The molecule has 2 rings (SSSR count). The lowest BCUT2D eigenvalue weighted by molar-refractivity contribution is -0.118. The Kier molecular flexibility index (Phi) is 8.76. The van der Waals surface area contributed by atoms with Gasteiger partial charge >= 0.3 is 0 Å². The first-order chi connectivity index (χ1) is 10.6. The molecule has 1 heterocycles. The lowest BCUT2D eigenvalue weighted by Crippen LogP contribution is -2.30. The zero-order chi connectivity index (χ0) is 15.8. The summed E-state index contributed by atoms with van der Waals surface area (Å²) in [5, 5.41) is 2.85. The molecule has 1 aromatic carbocycles. The van der Waals surface area contributed by atoms with Gasteiger partial charge in [-0.25, -0.2) is 4.98 Å². The molecule has 0 aliphatic rings. The van der Waals surface area contributed by atoms with Crippen LogP contribution < -0.4 is 11.1 Å². The molecule has 7 heteroatoms. The molecule has 0 saturated carbocycles. The maximum atomic E-state index is 11.6. The van der Waals surface area contributed by atoms with Crippen LogP contribution >= 0.6 is 24.2 Å². The quantitative estimate of drug-likeness (QED) is 0.761. The summed E-state index contributed by atoms with van der Waals surface area (Å²) in [6.45, 7) is 2.55. The summed E-state index contributed by atoms with van der Waals surface area (Å²) >= 11 is 1.52. The van der Waals surface area contributed by atoms with Crippen molar-refractivity contribution in [3.05, 3.63) is 42.3 Å². The van der Waals surface area contributed by atoms with Gasteiger partial charge in [-0.15, -0.1) is 24.2 Å². The Balaban J connectivity index is 0.00000264. The smallest absolute Gasteiger partial charge is 0.230 e. The molecule has 2 aromatic rings. The molecular weight excluding hydrogens is 334 g/mol. The highest BCUT2D eigenvalue weighted by Crippen LogP contribution is 2.20. The van der Waals surface area contributed by atoms with Gasteiger partial charge in [0.1, 0.15) is 6.26 Å². The van der Waals surface area contributed by atoms with E-state index in [-0.39, 0.29) is 24.4 Å². The fourth-order valence-corrected chi connectivity index (χ4v) is 2.56. The largest absolute Gasteiger partial charge is 0.444 e. The van der Waals surface area contributed by atoms with Gasteiger partial charge < -0.3 is 15.5 Å². The van der Waals surface area contributed by atoms with E-state index < -0.39 is 0 Å². The number of aromatic nitrogens is 1. The van der Waals surface area contributed by atoms with Crippen LogP contribution in [0.2, 0.25) is 0 Å². The topological polar surface area (TPSA) is 81.1 Å². The van der Waals surface area contributed by atoms with Gasteiger partial charge in [-0.05, 0) is 25.5 Å². The van der Waals surface area contributed by atoms with Crippen molar-refractivity contribution >= 4 is 30.1 Å². The fraction of sp³-hybridized carbons (Fsp3) is 0.375. The van der Waals surface area contributed by atoms with E-state index in [1.54, 1.807) is 6.26 Å². The highest BCUT2D eigenvalue weighted by atomic mass is 35.5. The zero-order valence-corrected chi connectivity index (χ0v) is 14.7. The minimum absolute atomic E-state index is 0. The summed E-state index contributed by atoms with van der Waals surface area (Å²) in [5.41, 5.74) is 7.42. The minimum atomic E-state index is 0. The Morgan fingerprint density at radius 3 is 2.83 bits per heavy atom. The van der Waals surface area contributed by atoms with Gasteiger partial charge in [0, 0.05) is 23.9 Å². The highest BCUT2D eigenvalue weighted by Gasteiger charge is 2.07. The number of hydrogen-bond acceptors (Lipinski definition) is 5. The number of nitrogens with two attached hydrogens (primary N) is 1. The van der Waals surface area contributed by atoms with Gasteiger partial charge in [-0.3, -0.25) is 4.79 Å². The van der Waals surface area contributed by atoms with E-state index in [2.05, 4.69) is 10.3 Å². The second-order valence-corrected chi connectivity index (χ2v) is 6.10. The first-order valence-electron chi connectivity index (χ1n) is 7.25. The van der Waals surface area contributed by atoms with E-state index in [1.165, 1.54) is 11.8 Å². The summed E-state index contributed by atoms with van der Waals surface area (Å²) in [4.78, 5) is 16.1. The molecule has 0 radical (unpaired) electrons. The number of carbonyl (C=O) groups is 1. The number of amides is 1. The maximum absolute atomic E-state index is 11.6. The predicted molar refractivity (Wildman–Crippen MR) is 96.6 cm³/mol. The lowest BCUT2D eigenvalue weighted by Gasteiger charge is -2.06. The molecule has 3 N–H and O–H groups in total. The van der Waals surface area contributed by atoms with Crippen LogP contribution in [0.3, 0.4) is 0 Å². The Hall–Kier alpha value is -1.50. The Labute approximate surface area is 146 Å². The third-order valence-electron chi connectivity index (χ3n) is 2.98. The van der Waals surface area contributed by atoms with Crippen LogP contribution in [0.4, 0.5) is 0 Å². The van der Waals surface area contributed by atoms with Crippen molar-refractivity contribution in [2.45, 2.75) is 25.1 Å². The van der Waals surface area contributed by atoms with E-state index in [0.717, 1.165) is 17.7 Å². The molecule has 1 atom stereocenters. The molecule has 0 aliphatic carbocycles. The van der Waals surface area contributed by atoms with Crippen molar-refractivity contribution in [3.63, 3.8) is 0 Å². The minimum Gasteiger partial charge on any atom is -0.444 e. The monoisotopic (exact) mass is 355 g/mol. The second-order valence-electron chi connectivity index (χ2n) is 5.12. The molecule has 0 saturated heterocycles. The molecule has 0 aliphatic heterocycles. The standard InChI is InChI=1S/C16H21N3O2S.ClH/c1-12(17)7-8-18-15(20)11-22-10-14-9-21-16(19-14)13-5-3-2-4-6-13;/h2-6,9,12H,7-8,10-11,17H2,1H3,(H,18,20);1H. The average molecular weight is 356 g/mol. The molecule has 0 spiro atoms. The SMILES string of the molecule is CC(N)CCNC(=O)CSCc1coc(-c2ccccc2)n1.Cl. The third-order valence-corrected chi connectivity index (χ3v) is 3.94. The summed E-state index contributed by atoms with van der Waals surface area (Å²) in [7, 11) is 0. The van der Waals surface area contributed by atoms with Gasteiger partial charge in [0.25, 0.3) is 0 Å². The van der Waals surface area contributed by atoms with E-state index in [9.17, 15) is 4.79 Å². The van der Waals surface area contributed by atoms with Crippen LogP contribution in [0.5, 0.6) is 0 Å². The first-order valence-corrected chi connectivity index (χ1v) is 8.40. The summed E-state index contributed by atoms with van der Waals surface area (Å²) in [6, 6.07) is 9.86. The van der Waals surface area contributed by atoms with Crippen molar-refractivity contribution in [2.24, 2.45) is 5.73 Å². The normalized spacial score (nSPS) is 11.6. The van der Waals surface area contributed by atoms with Gasteiger partial charge in [0.15, 0.2) is 0 Å². The lowest BCUT2D eigenvalue weighted by atomic mass is 10.2. The van der Waals surface area contributed by atoms with Crippen LogP contribution in [0.15, 0.2) is 41.0 Å². The molecular formula is C16H22ClN3O2S. The van der Waals surface area contributed by atoms with Crippen LogP contribution in [0.1, 0.15) is 19.0 Å². The number of hydrogen-bond donors (Lipinski definition) is 2. The number of benzene rings is 1. The van der Waals surface area contributed by atoms with E-state index >= 15 is 0 Å². The molecule has 1 aromatic heterocycles. The first kappa shape index (κ1) is 19.5. The molecule has 1 unspecified atom stereocenters. The highest BCUT2D eigenvalue weighted by molar-refractivity contribution is 7.99. The van der Waals surface area contributed by atoms with E-state index in [0.29, 0.717) is 23.9 Å². The molecule has 0 fully saturated rings. The molecule has 0 bridgehead atoms. The van der Waals surface area contributed by atoms with Crippen molar-refractivity contribution in [1.82, 2.24) is 10.3 Å². The van der Waals surface area contributed by atoms with E-state index in [1.807, 2.05) is 37.3 Å². The summed E-state index contributed by atoms with van der Waals surface area (Å²) in [6.07, 6.45) is 2.43. The maximum Gasteiger partial charge on any atom is 0.230 e. The van der Waals surface area contributed by atoms with Crippen LogP contribution in [-0.2, 0) is 10.5 Å². The Morgan fingerprint density at radius 2 is 2.13 bits per heavy atom. The molecule has 1 amide bonds. The molecule has 5 nitrogen and oxygen atoms in total. The second kappa shape index (κ2) is 10.3. The number of thioether (sulfide) groups is 1. The summed E-state index contributed by atoms with van der Waals surface area (Å²) < 4.78 is 5.46. The van der Waals surface area contributed by atoms with Gasteiger partial charge in [-0.2, -0.15) is 0 Å². The van der Waals surface area contributed by atoms with Crippen molar-refractivity contribution in [2.75, 3.05) is 12.3 Å². The third kappa shape index (κ3) is 7.07. The van der Waals surface area contributed by atoms with Crippen molar-refractivity contribution in [3.8, 4) is 11.5 Å². The van der Waals surface area contributed by atoms with Gasteiger partial charge in [0.05, 0.1) is 11.4 Å². The Morgan fingerprint density at radius 1 is 1.39 bits per heavy atom. The molecule has 126 valence electrons. The van der Waals surface area contributed by atoms with Crippen molar-refractivity contribution in [1.29, 1.82) is 0 Å². The van der Waals surface area contributed by atoms with Gasteiger partial charge in [0.2, 0.25) is 11.8 Å². The van der Waals surface area contributed by atoms with Crippen LogP contribution in [0.25, 0.3) is 11.5 Å². The number of oxazole rings is 1. The Bertz CT molecular complexity index is 590.